The number of hydrogen-bond acceptors (Lipinski definition) is 1. The van der Waals surface area contributed by atoms with Gasteiger partial charge in [-0.25, -0.2) is 4.39 Å². The Balaban J connectivity index is 1.73. The van der Waals surface area contributed by atoms with Crippen molar-refractivity contribution in [3.63, 3.8) is 0 Å². The summed E-state index contributed by atoms with van der Waals surface area (Å²) in [6.45, 7) is 8.11. The van der Waals surface area contributed by atoms with Crippen LogP contribution in [0.1, 0.15) is 24.1 Å². The fourth-order valence-electron chi connectivity index (χ4n) is 2.54. The summed E-state index contributed by atoms with van der Waals surface area (Å²) in [6.07, 6.45) is 1.35. The fourth-order valence-corrected chi connectivity index (χ4v) is 2.54. The van der Waals surface area contributed by atoms with Crippen LogP contribution in [0.4, 0.5) is 4.39 Å². The molecule has 1 heterocycles. The van der Waals surface area contributed by atoms with Gasteiger partial charge in [-0.1, -0.05) is 49.6 Å². The number of aromatic amines is 1. The molecular weight excluding hydrogens is 275 g/mol. The standard InChI is InChI=1S/C19H17FN2/c1-13(15-7-3-5-9-17(15)20)11-12-14(2)19-16-8-4-6-10-18(16)21-22-19/h3-10H,1-2,11-12H2,(H,21,22). The Kier molecular flexibility index (Phi) is 3.88. The molecule has 0 spiro atoms. The van der Waals surface area contributed by atoms with E-state index >= 15 is 0 Å². The van der Waals surface area contributed by atoms with Gasteiger partial charge in [-0.2, -0.15) is 5.10 Å². The Hall–Kier alpha value is -2.68. The van der Waals surface area contributed by atoms with Crippen LogP contribution in [-0.2, 0) is 0 Å². The van der Waals surface area contributed by atoms with Gasteiger partial charge in [0, 0.05) is 10.9 Å². The first kappa shape index (κ1) is 14.3. The average Bonchev–Trinajstić information content (AvgIpc) is 2.97. The summed E-state index contributed by atoms with van der Waals surface area (Å²) >= 11 is 0. The molecule has 0 atom stereocenters. The number of nitrogens with one attached hydrogen (secondary N) is 1. The van der Waals surface area contributed by atoms with Crippen molar-refractivity contribution in [2.24, 2.45) is 0 Å². The molecule has 1 N–H and O–H groups in total. The Morgan fingerprint density at radius 3 is 2.45 bits per heavy atom. The highest BCUT2D eigenvalue weighted by Gasteiger charge is 2.10. The summed E-state index contributed by atoms with van der Waals surface area (Å²) in [5.74, 6) is -0.233. The monoisotopic (exact) mass is 292 g/mol. The topological polar surface area (TPSA) is 28.7 Å². The maximum Gasteiger partial charge on any atom is 0.130 e. The van der Waals surface area contributed by atoms with E-state index in [9.17, 15) is 4.39 Å². The maximum absolute atomic E-state index is 13.7. The molecule has 22 heavy (non-hydrogen) atoms. The highest BCUT2D eigenvalue weighted by molar-refractivity contribution is 5.90. The van der Waals surface area contributed by atoms with Crippen molar-refractivity contribution < 1.29 is 4.39 Å². The number of hydrogen-bond donors (Lipinski definition) is 1. The molecule has 0 amide bonds. The minimum absolute atomic E-state index is 0.233. The lowest BCUT2D eigenvalue weighted by Gasteiger charge is -2.08. The minimum atomic E-state index is -0.233. The molecule has 2 nitrogen and oxygen atoms in total. The number of nitrogens with zero attached hydrogens (tertiary/aromatic N) is 1. The molecule has 0 radical (unpaired) electrons. The van der Waals surface area contributed by atoms with Gasteiger partial charge in [0.25, 0.3) is 0 Å². The smallest absolute Gasteiger partial charge is 0.130 e. The van der Waals surface area contributed by atoms with E-state index in [2.05, 4.69) is 23.4 Å². The highest BCUT2D eigenvalue weighted by Crippen LogP contribution is 2.28. The quantitative estimate of drug-likeness (QED) is 0.687. The van der Waals surface area contributed by atoms with Crippen LogP contribution in [0.25, 0.3) is 22.0 Å². The van der Waals surface area contributed by atoms with Crippen molar-refractivity contribution in [2.45, 2.75) is 12.8 Å². The zero-order valence-electron chi connectivity index (χ0n) is 12.3. The van der Waals surface area contributed by atoms with E-state index in [4.69, 9.17) is 0 Å². The van der Waals surface area contributed by atoms with Crippen molar-refractivity contribution in [1.29, 1.82) is 0 Å². The van der Waals surface area contributed by atoms with Crippen LogP contribution >= 0.6 is 0 Å². The van der Waals surface area contributed by atoms with E-state index < -0.39 is 0 Å². The van der Waals surface area contributed by atoms with Gasteiger partial charge in [-0.15, -0.1) is 0 Å². The fraction of sp³-hybridized carbons (Fsp3) is 0.105. The first-order chi connectivity index (χ1) is 10.7. The first-order valence-electron chi connectivity index (χ1n) is 7.21. The molecule has 0 aliphatic heterocycles. The van der Waals surface area contributed by atoms with Crippen LogP contribution in [0.2, 0.25) is 0 Å². The molecule has 110 valence electrons. The third-order valence-corrected chi connectivity index (χ3v) is 3.79. The molecule has 1 aromatic heterocycles. The van der Waals surface area contributed by atoms with Crippen molar-refractivity contribution >= 4 is 22.0 Å². The molecule has 0 fully saturated rings. The molecule has 0 saturated carbocycles. The van der Waals surface area contributed by atoms with Crippen LogP contribution in [0.5, 0.6) is 0 Å². The van der Waals surface area contributed by atoms with E-state index in [0.717, 1.165) is 27.7 Å². The Labute approximate surface area is 129 Å². The summed E-state index contributed by atoms with van der Waals surface area (Å²) < 4.78 is 13.7. The van der Waals surface area contributed by atoms with Crippen molar-refractivity contribution in [3.05, 3.63) is 78.8 Å². The van der Waals surface area contributed by atoms with Crippen LogP contribution < -0.4 is 0 Å². The summed E-state index contributed by atoms with van der Waals surface area (Å²) in [5, 5.41) is 8.40. The van der Waals surface area contributed by atoms with Gasteiger partial charge in [0.2, 0.25) is 0 Å². The summed E-state index contributed by atoms with van der Waals surface area (Å²) in [4.78, 5) is 0. The second-order valence-electron chi connectivity index (χ2n) is 5.30. The molecule has 3 aromatic rings. The van der Waals surface area contributed by atoms with Crippen LogP contribution in [0, 0.1) is 5.82 Å². The molecule has 0 aliphatic rings. The molecule has 0 saturated heterocycles. The van der Waals surface area contributed by atoms with Crippen molar-refractivity contribution in [3.8, 4) is 0 Å². The van der Waals surface area contributed by atoms with Gasteiger partial charge in [0.1, 0.15) is 5.82 Å². The number of H-pyrrole nitrogens is 1. The van der Waals surface area contributed by atoms with E-state index in [1.54, 1.807) is 12.1 Å². The average molecular weight is 292 g/mol. The predicted octanol–water partition coefficient (Wildman–Crippen LogP) is 5.21. The number of aromatic nitrogens is 2. The molecule has 2 aromatic carbocycles. The molecule has 3 rings (SSSR count). The van der Waals surface area contributed by atoms with E-state index in [1.807, 2.05) is 30.3 Å². The van der Waals surface area contributed by atoms with Gasteiger partial charge >= 0.3 is 0 Å². The largest absolute Gasteiger partial charge is 0.277 e. The van der Waals surface area contributed by atoms with E-state index in [-0.39, 0.29) is 5.82 Å². The second-order valence-corrected chi connectivity index (χ2v) is 5.30. The van der Waals surface area contributed by atoms with Gasteiger partial charge in [-0.3, -0.25) is 5.10 Å². The summed E-state index contributed by atoms with van der Waals surface area (Å²) in [7, 11) is 0. The predicted molar refractivity (Wildman–Crippen MR) is 89.8 cm³/mol. The third-order valence-electron chi connectivity index (χ3n) is 3.79. The number of halogens is 1. The molecular formula is C19H17FN2. The van der Waals surface area contributed by atoms with Crippen molar-refractivity contribution in [2.75, 3.05) is 0 Å². The maximum atomic E-state index is 13.7. The van der Waals surface area contributed by atoms with Crippen LogP contribution in [0.15, 0.2) is 61.7 Å². The number of allylic oxidation sites excluding steroid dienone is 2. The molecule has 0 bridgehead atoms. The lowest BCUT2D eigenvalue weighted by atomic mass is 9.98. The van der Waals surface area contributed by atoms with Crippen LogP contribution in [-0.4, -0.2) is 10.2 Å². The number of fused-ring (bicyclic) bond motifs is 1. The number of benzene rings is 2. The SMILES string of the molecule is C=C(CCC(=C)c1n[nH]c2ccccc12)c1ccccc1F. The zero-order chi connectivity index (χ0) is 15.5. The lowest BCUT2D eigenvalue weighted by molar-refractivity contribution is 0.623. The second kappa shape index (κ2) is 5.98. The molecule has 3 heteroatoms. The van der Waals surface area contributed by atoms with E-state index in [1.165, 1.54) is 6.07 Å². The van der Waals surface area contributed by atoms with Gasteiger partial charge in [0.15, 0.2) is 0 Å². The Morgan fingerprint density at radius 2 is 1.64 bits per heavy atom. The summed E-state index contributed by atoms with van der Waals surface area (Å²) in [5.41, 5.74) is 4.14. The first-order valence-corrected chi connectivity index (χ1v) is 7.21. The van der Waals surface area contributed by atoms with Gasteiger partial charge in [0.05, 0.1) is 11.2 Å². The normalized spacial score (nSPS) is 10.8. The minimum Gasteiger partial charge on any atom is -0.277 e. The lowest BCUT2D eigenvalue weighted by Crippen LogP contribution is -1.91. The number of para-hydroxylation sites is 1. The molecule has 0 aliphatic carbocycles. The zero-order valence-corrected chi connectivity index (χ0v) is 12.3. The third kappa shape index (κ3) is 2.70. The highest BCUT2D eigenvalue weighted by atomic mass is 19.1. The molecule has 0 unspecified atom stereocenters. The Bertz CT molecular complexity index is 845. The summed E-state index contributed by atoms with van der Waals surface area (Å²) in [6, 6.07) is 14.7. The Morgan fingerprint density at radius 1 is 0.955 bits per heavy atom. The number of rotatable bonds is 5. The van der Waals surface area contributed by atoms with Gasteiger partial charge in [-0.05, 0) is 36.1 Å². The van der Waals surface area contributed by atoms with Crippen molar-refractivity contribution in [1.82, 2.24) is 10.2 Å². The van der Waals surface area contributed by atoms with Crippen LogP contribution in [0.3, 0.4) is 0 Å². The van der Waals surface area contributed by atoms with E-state index in [0.29, 0.717) is 18.4 Å². The van der Waals surface area contributed by atoms with Gasteiger partial charge < -0.3 is 0 Å².